The van der Waals surface area contributed by atoms with Gasteiger partial charge in [0, 0.05) is 32.7 Å². The fraction of sp³-hybridized carbons (Fsp3) is 0.933. The summed E-state index contributed by atoms with van der Waals surface area (Å²) in [6, 6.07) is 0.501. The van der Waals surface area contributed by atoms with Gasteiger partial charge in [-0.2, -0.15) is 0 Å². The van der Waals surface area contributed by atoms with Crippen LogP contribution in [0.15, 0.2) is 0 Å². The number of carbonyl (C=O) groups excluding carboxylic acids is 1. The quantitative estimate of drug-likeness (QED) is 0.617. The van der Waals surface area contributed by atoms with Crippen molar-refractivity contribution in [3.05, 3.63) is 0 Å². The van der Waals surface area contributed by atoms with Crippen LogP contribution in [-0.4, -0.2) is 63.3 Å². The molecule has 0 saturated carbocycles. The maximum atomic E-state index is 11.5. The monoisotopic (exact) mass is 285 g/mol. The van der Waals surface area contributed by atoms with Gasteiger partial charge in [-0.05, 0) is 45.3 Å². The van der Waals surface area contributed by atoms with E-state index in [0.29, 0.717) is 25.6 Å². The fourth-order valence-corrected chi connectivity index (χ4v) is 2.73. The number of amides is 1. The molecule has 0 aromatic rings. The van der Waals surface area contributed by atoms with E-state index in [-0.39, 0.29) is 5.91 Å². The van der Waals surface area contributed by atoms with Crippen LogP contribution in [0.5, 0.6) is 0 Å². The predicted molar refractivity (Wildman–Crippen MR) is 81.8 cm³/mol. The number of rotatable bonds is 9. The molecule has 1 unspecified atom stereocenters. The van der Waals surface area contributed by atoms with Gasteiger partial charge in [-0.3, -0.25) is 4.79 Å². The van der Waals surface area contributed by atoms with Crippen LogP contribution in [0.2, 0.25) is 0 Å². The molecule has 1 saturated heterocycles. The Morgan fingerprint density at radius 3 is 2.65 bits per heavy atom. The Hall–Kier alpha value is -0.650. The summed E-state index contributed by atoms with van der Waals surface area (Å²) in [5.74, 6) is 0.844. The summed E-state index contributed by atoms with van der Waals surface area (Å²) in [6.07, 6.45) is 3.08. The number of hydrogen-bond donors (Lipinski definition) is 2. The van der Waals surface area contributed by atoms with Gasteiger partial charge < -0.3 is 20.3 Å². The average molecular weight is 285 g/mol. The summed E-state index contributed by atoms with van der Waals surface area (Å²) < 4.78 is 4.90. The Morgan fingerprint density at radius 1 is 1.35 bits per heavy atom. The number of piperidine rings is 1. The van der Waals surface area contributed by atoms with Gasteiger partial charge in [0.25, 0.3) is 0 Å². The summed E-state index contributed by atoms with van der Waals surface area (Å²) in [6.45, 7) is 9.99. The highest BCUT2D eigenvalue weighted by molar-refractivity contribution is 5.76. The molecule has 1 fully saturated rings. The predicted octanol–water partition coefficient (Wildman–Crippen LogP) is 0.849. The zero-order chi connectivity index (χ0) is 14.8. The third kappa shape index (κ3) is 6.68. The number of nitrogens with zero attached hydrogens (tertiary/aromatic N) is 1. The molecule has 0 spiro atoms. The van der Waals surface area contributed by atoms with Crippen molar-refractivity contribution in [2.45, 2.75) is 39.2 Å². The molecular weight excluding hydrogens is 254 g/mol. The fourth-order valence-electron chi connectivity index (χ4n) is 2.73. The Balaban J connectivity index is 2.08. The van der Waals surface area contributed by atoms with Gasteiger partial charge in [-0.15, -0.1) is 0 Å². The van der Waals surface area contributed by atoms with Gasteiger partial charge >= 0.3 is 0 Å². The molecule has 0 bridgehead atoms. The van der Waals surface area contributed by atoms with E-state index in [9.17, 15) is 4.79 Å². The molecule has 5 nitrogen and oxygen atoms in total. The van der Waals surface area contributed by atoms with Gasteiger partial charge in [0.05, 0.1) is 6.61 Å². The molecule has 2 N–H and O–H groups in total. The van der Waals surface area contributed by atoms with Crippen LogP contribution in [0.3, 0.4) is 0 Å². The summed E-state index contributed by atoms with van der Waals surface area (Å²) in [5.41, 5.74) is 0. The molecule has 0 radical (unpaired) electrons. The lowest BCUT2D eigenvalue weighted by molar-refractivity contribution is -0.121. The van der Waals surface area contributed by atoms with Crippen LogP contribution in [0.1, 0.15) is 33.1 Å². The lowest BCUT2D eigenvalue weighted by Crippen LogP contribution is -2.42. The Kier molecular flexibility index (Phi) is 8.82. The highest BCUT2D eigenvalue weighted by atomic mass is 16.5. The molecule has 118 valence electrons. The Morgan fingerprint density at radius 2 is 2.05 bits per heavy atom. The maximum absolute atomic E-state index is 11.5. The van der Waals surface area contributed by atoms with Gasteiger partial charge in [0.15, 0.2) is 0 Å². The largest absolute Gasteiger partial charge is 0.383 e. The van der Waals surface area contributed by atoms with Crippen LogP contribution < -0.4 is 10.6 Å². The number of nitrogens with one attached hydrogen (secondary N) is 2. The standard InChI is InChI=1S/C15H31N3O2/c1-4-18-10-6-14(7-11-18)13(2)16-8-5-15(19)17-9-12-20-3/h13-14,16H,4-12H2,1-3H3,(H,17,19). The first-order valence-electron chi connectivity index (χ1n) is 7.88. The minimum absolute atomic E-state index is 0.0996. The molecule has 0 aliphatic carbocycles. The topological polar surface area (TPSA) is 53.6 Å². The second kappa shape index (κ2) is 10.1. The highest BCUT2D eigenvalue weighted by Gasteiger charge is 2.22. The number of methoxy groups -OCH3 is 1. The van der Waals surface area contributed by atoms with E-state index in [4.69, 9.17) is 4.74 Å². The van der Waals surface area contributed by atoms with E-state index >= 15 is 0 Å². The van der Waals surface area contributed by atoms with Crippen molar-refractivity contribution in [3.63, 3.8) is 0 Å². The molecule has 0 aromatic heterocycles. The summed E-state index contributed by atoms with van der Waals surface area (Å²) >= 11 is 0. The minimum Gasteiger partial charge on any atom is -0.383 e. The molecule has 1 rings (SSSR count). The molecule has 20 heavy (non-hydrogen) atoms. The first-order chi connectivity index (χ1) is 9.67. The number of likely N-dealkylation sites (tertiary alicyclic amines) is 1. The molecule has 5 heteroatoms. The molecule has 1 heterocycles. The maximum Gasteiger partial charge on any atom is 0.221 e. The van der Waals surface area contributed by atoms with Crippen LogP contribution in [0, 0.1) is 5.92 Å². The van der Waals surface area contributed by atoms with E-state index < -0.39 is 0 Å². The van der Waals surface area contributed by atoms with Gasteiger partial charge in [0.1, 0.15) is 0 Å². The second-order valence-electron chi connectivity index (χ2n) is 5.61. The summed E-state index contributed by atoms with van der Waals surface area (Å²) in [7, 11) is 1.64. The minimum atomic E-state index is 0.0996. The highest BCUT2D eigenvalue weighted by Crippen LogP contribution is 2.20. The van der Waals surface area contributed by atoms with Gasteiger partial charge in [0.2, 0.25) is 5.91 Å². The van der Waals surface area contributed by atoms with E-state index in [2.05, 4.69) is 29.4 Å². The smallest absolute Gasteiger partial charge is 0.221 e. The third-order valence-corrected chi connectivity index (χ3v) is 4.23. The van der Waals surface area contributed by atoms with Crippen LogP contribution in [-0.2, 0) is 9.53 Å². The Labute approximate surface area is 123 Å². The molecule has 1 atom stereocenters. The first-order valence-corrected chi connectivity index (χ1v) is 7.88. The van der Waals surface area contributed by atoms with Crippen molar-refractivity contribution in [2.24, 2.45) is 5.92 Å². The van der Waals surface area contributed by atoms with Crippen LogP contribution in [0.25, 0.3) is 0 Å². The number of hydrogen-bond acceptors (Lipinski definition) is 4. The van der Waals surface area contributed by atoms with Crippen molar-refractivity contribution in [1.82, 2.24) is 15.5 Å². The zero-order valence-corrected chi connectivity index (χ0v) is 13.3. The Bertz CT molecular complexity index is 266. The van der Waals surface area contributed by atoms with Crippen LogP contribution in [0.4, 0.5) is 0 Å². The van der Waals surface area contributed by atoms with Gasteiger partial charge in [-0.1, -0.05) is 6.92 Å². The lowest BCUT2D eigenvalue weighted by Gasteiger charge is -2.34. The van der Waals surface area contributed by atoms with Crippen LogP contribution >= 0.6 is 0 Å². The normalized spacial score (nSPS) is 18.9. The zero-order valence-electron chi connectivity index (χ0n) is 13.3. The van der Waals surface area contributed by atoms with Crippen molar-refractivity contribution < 1.29 is 9.53 Å². The molecule has 1 aliphatic rings. The van der Waals surface area contributed by atoms with Crippen molar-refractivity contribution in [1.29, 1.82) is 0 Å². The molecule has 0 aromatic carbocycles. The number of ether oxygens (including phenoxy) is 1. The first kappa shape index (κ1) is 17.4. The lowest BCUT2D eigenvalue weighted by atomic mass is 9.90. The van der Waals surface area contributed by atoms with E-state index in [0.717, 1.165) is 19.0 Å². The molecule has 1 amide bonds. The number of carbonyl (C=O) groups is 1. The van der Waals surface area contributed by atoms with Gasteiger partial charge in [-0.25, -0.2) is 0 Å². The van der Waals surface area contributed by atoms with Crippen molar-refractivity contribution in [2.75, 3.05) is 46.4 Å². The van der Waals surface area contributed by atoms with E-state index in [1.165, 1.54) is 25.9 Å². The second-order valence-corrected chi connectivity index (χ2v) is 5.61. The van der Waals surface area contributed by atoms with E-state index in [1.54, 1.807) is 7.11 Å². The van der Waals surface area contributed by atoms with Crippen molar-refractivity contribution in [3.8, 4) is 0 Å². The molecular formula is C15H31N3O2. The molecule has 1 aliphatic heterocycles. The summed E-state index contributed by atoms with van der Waals surface area (Å²) in [5, 5.41) is 6.34. The SMILES string of the molecule is CCN1CCC(C(C)NCCC(=O)NCCOC)CC1. The van der Waals surface area contributed by atoms with E-state index in [1.807, 2.05) is 0 Å². The average Bonchev–Trinajstić information content (AvgIpc) is 2.47. The van der Waals surface area contributed by atoms with Crippen molar-refractivity contribution >= 4 is 5.91 Å². The third-order valence-electron chi connectivity index (χ3n) is 4.23. The summed E-state index contributed by atoms with van der Waals surface area (Å²) in [4.78, 5) is 14.1.